The Morgan fingerprint density at radius 2 is 2.16 bits per heavy atom. The molecule has 0 aliphatic rings. The van der Waals surface area contributed by atoms with Crippen LogP contribution >= 0.6 is 11.6 Å². The first kappa shape index (κ1) is 13.3. The Morgan fingerprint density at radius 1 is 1.37 bits per heavy atom. The molecular formula is C12H10ClFN4O. The van der Waals surface area contributed by atoms with Crippen LogP contribution < -0.4 is 16.6 Å². The normalized spacial score (nSPS) is 10.1. The lowest BCUT2D eigenvalue weighted by Gasteiger charge is -2.09. The Hall–Kier alpha value is -2.18. The minimum atomic E-state index is -0.580. The Labute approximate surface area is 113 Å². The molecule has 0 unspecified atom stereocenters. The van der Waals surface area contributed by atoms with Crippen LogP contribution in [0.3, 0.4) is 0 Å². The van der Waals surface area contributed by atoms with E-state index in [2.05, 4.69) is 15.7 Å². The molecule has 19 heavy (non-hydrogen) atoms. The average Bonchev–Trinajstić information content (AvgIpc) is 2.42. The summed E-state index contributed by atoms with van der Waals surface area (Å²) < 4.78 is 13.5. The lowest BCUT2D eigenvalue weighted by molar-refractivity contribution is 0.102. The Morgan fingerprint density at radius 3 is 2.89 bits per heavy atom. The van der Waals surface area contributed by atoms with Crippen molar-refractivity contribution < 1.29 is 9.18 Å². The quantitative estimate of drug-likeness (QED) is 0.596. The van der Waals surface area contributed by atoms with Gasteiger partial charge in [-0.3, -0.25) is 4.79 Å². The van der Waals surface area contributed by atoms with Gasteiger partial charge in [-0.15, -0.1) is 0 Å². The van der Waals surface area contributed by atoms with Crippen molar-refractivity contribution in [3.63, 3.8) is 0 Å². The highest BCUT2D eigenvalue weighted by atomic mass is 35.5. The minimum Gasteiger partial charge on any atom is -0.319 e. The molecule has 0 fully saturated rings. The summed E-state index contributed by atoms with van der Waals surface area (Å²) in [5.74, 6) is 4.33. The third-order valence-corrected chi connectivity index (χ3v) is 2.60. The van der Waals surface area contributed by atoms with E-state index >= 15 is 0 Å². The van der Waals surface area contributed by atoms with Gasteiger partial charge < -0.3 is 10.7 Å². The van der Waals surface area contributed by atoms with Gasteiger partial charge in [-0.2, -0.15) is 0 Å². The number of benzene rings is 1. The molecule has 2 rings (SSSR count). The van der Waals surface area contributed by atoms with E-state index in [1.807, 2.05) is 0 Å². The molecule has 4 N–H and O–H groups in total. The lowest BCUT2D eigenvalue weighted by atomic mass is 10.2. The Kier molecular flexibility index (Phi) is 3.94. The van der Waals surface area contributed by atoms with Gasteiger partial charge >= 0.3 is 0 Å². The van der Waals surface area contributed by atoms with E-state index in [-0.39, 0.29) is 17.1 Å². The molecule has 7 heteroatoms. The molecule has 0 saturated carbocycles. The van der Waals surface area contributed by atoms with Crippen LogP contribution in [0.1, 0.15) is 10.4 Å². The number of hydrogen-bond acceptors (Lipinski definition) is 4. The van der Waals surface area contributed by atoms with Crippen LogP contribution in [0, 0.1) is 5.82 Å². The van der Waals surface area contributed by atoms with Crippen molar-refractivity contribution in [3.8, 4) is 0 Å². The summed E-state index contributed by atoms with van der Waals surface area (Å²) in [6, 6.07) is 6.97. The summed E-state index contributed by atoms with van der Waals surface area (Å²) in [5.41, 5.74) is 2.49. The second-order valence-corrected chi connectivity index (χ2v) is 4.06. The number of nitrogens with zero attached hydrogens (tertiary/aromatic N) is 1. The molecule has 0 spiro atoms. The molecule has 5 nitrogen and oxygen atoms in total. The minimum absolute atomic E-state index is 0.00988. The van der Waals surface area contributed by atoms with Gasteiger partial charge in [0.05, 0.1) is 11.3 Å². The average molecular weight is 281 g/mol. The molecule has 2 aromatic rings. The number of amides is 1. The van der Waals surface area contributed by atoms with Gasteiger partial charge in [-0.1, -0.05) is 11.6 Å². The highest BCUT2D eigenvalue weighted by Crippen LogP contribution is 2.21. The second-order valence-electron chi connectivity index (χ2n) is 3.62. The molecule has 0 saturated heterocycles. The zero-order chi connectivity index (χ0) is 13.8. The molecule has 1 aromatic heterocycles. The molecular weight excluding hydrogens is 271 g/mol. The first-order valence-corrected chi connectivity index (χ1v) is 5.67. The summed E-state index contributed by atoms with van der Waals surface area (Å²) in [5, 5.41) is 2.73. The van der Waals surface area contributed by atoms with Crippen molar-refractivity contribution in [2.45, 2.75) is 0 Å². The molecule has 0 bridgehead atoms. The van der Waals surface area contributed by atoms with Gasteiger partial charge in [-0.25, -0.2) is 15.2 Å². The molecule has 0 atom stereocenters. The number of carbonyl (C=O) groups is 1. The number of aromatic nitrogens is 1. The largest absolute Gasteiger partial charge is 0.319 e. The predicted molar refractivity (Wildman–Crippen MR) is 71.4 cm³/mol. The van der Waals surface area contributed by atoms with Gasteiger partial charge in [-0.05, 0) is 30.3 Å². The van der Waals surface area contributed by atoms with Crippen molar-refractivity contribution in [2.24, 2.45) is 5.84 Å². The van der Waals surface area contributed by atoms with Crippen LogP contribution in [0.15, 0.2) is 36.5 Å². The maximum Gasteiger partial charge on any atom is 0.259 e. The first-order chi connectivity index (χ1) is 9.11. The Balaban J connectivity index is 2.28. The van der Waals surface area contributed by atoms with Crippen LogP contribution in [0.4, 0.5) is 15.9 Å². The molecule has 0 aliphatic carbocycles. The summed E-state index contributed by atoms with van der Waals surface area (Å²) in [6.45, 7) is 0. The molecule has 0 aliphatic heterocycles. The van der Waals surface area contributed by atoms with Crippen molar-refractivity contribution >= 4 is 29.0 Å². The maximum absolute atomic E-state index is 13.5. The van der Waals surface area contributed by atoms with E-state index in [0.29, 0.717) is 5.02 Å². The fraction of sp³-hybridized carbons (Fsp3) is 0. The number of rotatable bonds is 3. The van der Waals surface area contributed by atoms with Crippen LogP contribution in [-0.2, 0) is 0 Å². The third-order valence-electron chi connectivity index (χ3n) is 2.37. The van der Waals surface area contributed by atoms with Gasteiger partial charge in [0.1, 0.15) is 5.82 Å². The van der Waals surface area contributed by atoms with Crippen LogP contribution in [-0.4, -0.2) is 10.9 Å². The van der Waals surface area contributed by atoms with Gasteiger partial charge in [0.15, 0.2) is 5.82 Å². The summed E-state index contributed by atoms with van der Waals surface area (Å²) in [6.07, 6.45) is 1.48. The Bertz CT molecular complexity index is 620. The fourth-order valence-electron chi connectivity index (χ4n) is 1.49. The summed E-state index contributed by atoms with van der Waals surface area (Å²) in [4.78, 5) is 15.9. The highest BCUT2D eigenvalue weighted by Gasteiger charge is 2.13. The topological polar surface area (TPSA) is 80.0 Å². The second kappa shape index (κ2) is 5.64. The number of pyridine rings is 1. The molecule has 1 amide bonds. The first-order valence-electron chi connectivity index (χ1n) is 5.30. The zero-order valence-electron chi connectivity index (χ0n) is 9.65. The predicted octanol–water partition coefficient (Wildman–Crippen LogP) is 2.41. The van der Waals surface area contributed by atoms with E-state index in [9.17, 15) is 9.18 Å². The number of anilines is 2. The number of halogens is 2. The van der Waals surface area contributed by atoms with Crippen molar-refractivity contribution in [1.29, 1.82) is 0 Å². The van der Waals surface area contributed by atoms with Gasteiger partial charge in [0.25, 0.3) is 5.91 Å². The van der Waals surface area contributed by atoms with E-state index in [1.54, 1.807) is 6.07 Å². The van der Waals surface area contributed by atoms with E-state index in [0.717, 1.165) is 0 Å². The van der Waals surface area contributed by atoms with E-state index < -0.39 is 11.7 Å². The standard InChI is InChI=1S/C12H10ClFN4O/c13-7-3-4-9(14)10(6-7)17-12(19)8-2-1-5-16-11(8)18-15/h1-6H,15H2,(H,16,18)(H,17,19). The fourth-order valence-corrected chi connectivity index (χ4v) is 1.66. The number of hydrogen-bond donors (Lipinski definition) is 3. The van der Waals surface area contributed by atoms with Gasteiger partial charge in [0.2, 0.25) is 0 Å². The highest BCUT2D eigenvalue weighted by molar-refractivity contribution is 6.31. The number of carbonyl (C=O) groups excluding carboxylic acids is 1. The SMILES string of the molecule is NNc1ncccc1C(=O)Nc1cc(Cl)ccc1F. The van der Waals surface area contributed by atoms with Crippen molar-refractivity contribution in [1.82, 2.24) is 4.98 Å². The maximum atomic E-state index is 13.5. The molecule has 98 valence electrons. The number of nitrogens with two attached hydrogens (primary N) is 1. The molecule has 1 heterocycles. The van der Waals surface area contributed by atoms with Gasteiger partial charge in [0, 0.05) is 11.2 Å². The molecule has 1 aromatic carbocycles. The third kappa shape index (κ3) is 2.98. The van der Waals surface area contributed by atoms with E-state index in [4.69, 9.17) is 17.4 Å². The van der Waals surface area contributed by atoms with Crippen LogP contribution in [0.2, 0.25) is 5.02 Å². The lowest BCUT2D eigenvalue weighted by Crippen LogP contribution is -2.18. The van der Waals surface area contributed by atoms with E-state index in [1.165, 1.54) is 30.5 Å². The van der Waals surface area contributed by atoms with Crippen LogP contribution in [0.5, 0.6) is 0 Å². The number of hydrazine groups is 1. The van der Waals surface area contributed by atoms with Crippen molar-refractivity contribution in [2.75, 3.05) is 10.7 Å². The number of nitrogen functional groups attached to an aromatic ring is 1. The number of nitrogens with one attached hydrogen (secondary N) is 2. The molecule has 0 radical (unpaired) electrons. The smallest absolute Gasteiger partial charge is 0.259 e. The van der Waals surface area contributed by atoms with Crippen molar-refractivity contribution in [3.05, 3.63) is 52.9 Å². The summed E-state index contributed by atoms with van der Waals surface area (Å²) in [7, 11) is 0. The zero-order valence-corrected chi connectivity index (χ0v) is 10.4. The van der Waals surface area contributed by atoms with Crippen LogP contribution in [0.25, 0.3) is 0 Å². The summed E-state index contributed by atoms with van der Waals surface area (Å²) >= 11 is 5.74. The monoisotopic (exact) mass is 280 g/mol.